The average Bonchev–Trinajstić information content (AvgIpc) is 2.42. The number of carbonyl (C=O) groups excluding carboxylic acids is 1. The van der Waals surface area contributed by atoms with Crippen molar-refractivity contribution in [3.63, 3.8) is 0 Å². The molecule has 20 heavy (non-hydrogen) atoms. The van der Waals surface area contributed by atoms with E-state index < -0.39 is 5.82 Å². The van der Waals surface area contributed by atoms with Crippen LogP contribution in [-0.2, 0) is 0 Å². The van der Waals surface area contributed by atoms with Gasteiger partial charge < -0.3 is 15.8 Å². The second kappa shape index (κ2) is 5.61. The molecular weight excluding hydrogens is 259 g/mol. The van der Waals surface area contributed by atoms with Gasteiger partial charge in [-0.05, 0) is 36.8 Å². The number of nitrogens with two attached hydrogens (primary N) is 1. The first-order valence-corrected chi connectivity index (χ1v) is 6.02. The van der Waals surface area contributed by atoms with E-state index in [2.05, 4.69) is 5.32 Å². The predicted molar refractivity (Wildman–Crippen MR) is 76.5 cm³/mol. The lowest BCUT2D eigenvalue weighted by Crippen LogP contribution is -2.12. The van der Waals surface area contributed by atoms with Gasteiger partial charge in [-0.25, -0.2) is 4.39 Å². The van der Waals surface area contributed by atoms with Crippen molar-refractivity contribution in [2.45, 2.75) is 6.92 Å². The zero-order valence-corrected chi connectivity index (χ0v) is 11.2. The number of nitrogens with one attached hydrogen (secondary N) is 1. The maximum absolute atomic E-state index is 13.5. The fourth-order valence-corrected chi connectivity index (χ4v) is 1.73. The van der Waals surface area contributed by atoms with E-state index in [9.17, 15) is 9.18 Å². The summed E-state index contributed by atoms with van der Waals surface area (Å²) in [5, 5.41) is 2.61. The number of benzene rings is 2. The van der Waals surface area contributed by atoms with E-state index in [1.165, 1.54) is 19.2 Å². The molecule has 2 aromatic carbocycles. The summed E-state index contributed by atoms with van der Waals surface area (Å²) in [6.45, 7) is 1.86. The van der Waals surface area contributed by atoms with Gasteiger partial charge in [0, 0.05) is 23.0 Å². The Morgan fingerprint density at radius 2 is 2.00 bits per heavy atom. The summed E-state index contributed by atoms with van der Waals surface area (Å²) in [5.74, 6) is -0.752. The molecule has 2 aromatic rings. The minimum Gasteiger partial charge on any atom is -0.494 e. The van der Waals surface area contributed by atoms with Crippen molar-refractivity contribution >= 4 is 17.3 Å². The van der Waals surface area contributed by atoms with E-state index in [1.807, 2.05) is 6.92 Å². The first kappa shape index (κ1) is 13.9. The summed E-state index contributed by atoms with van der Waals surface area (Å²) >= 11 is 0. The number of amides is 1. The summed E-state index contributed by atoms with van der Waals surface area (Å²) in [6.07, 6.45) is 0. The number of nitrogen functional groups attached to an aromatic ring is 1. The predicted octanol–water partition coefficient (Wildman–Crippen LogP) is 2.98. The number of hydrogen-bond donors (Lipinski definition) is 2. The normalized spacial score (nSPS) is 10.2. The molecule has 3 N–H and O–H groups in total. The third-order valence-corrected chi connectivity index (χ3v) is 2.95. The van der Waals surface area contributed by atoms with Crippen LogP contribution in [0.5, 0.6) is 5.75 Å². The largest absolute Gasteiger partial charge is 0.494 e. The molecule has 0 aliphatic carbocycles. The highest BCUT2D eigenvalue weighted by Gasteiger charge is 2.09. The van der Waals surface area contributed by atoms with Crippen molar-refractivity contribution in [2.75, 3.05) is 18.2 Å². The Morgan fingerprint density at radius 1 is 1.25 bits per heavy atom. The van der Waals surface area contributed by atoms with Crippen LogP contribution in [0.15, 0.2) is 36.4 Å². The van der Waals surface area contributed by atoms with Crippen molar-refractivity contribution in [3.8, 4) is 5.75 Å². The lowest BCUT2D eigenvalue weighted by molar-refractivity contribution is 0.102. The molecule has 0 saturated heterocycles. The first-order chi connectivity index (χ1) is 9.51. The van der Waals surface area contributed by atoms with Crippen molar-refractivity contribution in [1.29, 1.82) is 0 Å². The molecule has 0 radical (unpaired) electrons. The quantitative estimate of drug-likeness (QED) is 0.846. The number of carbonyl (C=O) groups is 1. The Balaban J connectivity index is 2.19. The molecule has 0 atom stereocenters. The number of methoxy groups -OCH3 is 1. The number of hydrogen-bond acceptors (Lipinski definition) is 3. The van der Waals surface area contributed by atoms with E-state index in [1.54, 1.807) is 24.3 Å². The molecule has 5 heteroatoms. The van der Waals surface area contributed by atoms with Gasteiger partial charge in [-0.3, -0.25) is 4.79 Å². The standard InChI is InChI=1S/C15H15FN2O2/c1-9-3-4-10(7-13(9)17)15(19)18-11-5-6-14(20-2)12(16)8-11/h3-8H,17H2,1-2H3,(H,18,19). The Bertz CT molecular complexity index is 656. The highest BCUT2D eigenvalue weighted by atomic mass is 19.1. The maximum atomic E-state index is 13.5. The fourth-order valence-electron chi connectivity index (χ4n) is 1.73. The lowest BCUT2D eigenvalue weighted by atomic mass is 10.1. The van der Waals surface area contributed by atoms with E-state index >= 15 is 0 Å². The molecule has 0 aliphatic rings. The molecule has 0 aromatic heterocycles. The van der Waals surface area contributed by atoms with Crippen LogP contribution >= 0.6 is 0 Å². The van der Waals surface area contributed by atoms with Gasteiger partial charge in [-0.15, -0.1) is 0 Å². The van der Waals surface area contributed by atoms with Gasteiger partial charge in [0.15, 0.2) is 11.6 Å². The van der Waals surface area contributed by atoms with E-state index in [0.29, 0.717) is 16.9 Å². The number of rotatable bonds is 3. The Morgan fingerprint density at radius 3 is 2.60 bits per heavy atom. The van der Waals surface area contributed by atoms with Gasteiger partial charge in [-0.1, -0.05) is 6.07 Å². The second-order valence-corrected chi connectivity index (χ2v) is 4.37. The van der Waals surface area contributed by atoms with Crippen LogP contribution in [0.25, 0.3) is 0 Å². The fraction of sp³-hybridized carbons (Fsp3) is 0.133. The van der Waals surface area contributed by atoms with Gasteiger partial charge in [0.25, 0.3) is 5.91 Å². The monoisotopic (exact) mass is 274 g/mol. The summed E-state index contributed by atoms with van der Waals surface area (Å²) in [6, 6.07) is 9.24. The van der Waals surface area contributed by atoms with Gasteiger partial charge >= 0.3 is 0 Å². The topological polar surface area (TPSA) is 64.3 Å². The van der Waals surface area contributed by atoms with Crippen molar-refractivity contribution in [1.82, 2.24) is 0 Å². The molecule has 0 spiro atoms. The van der Waals surface area contributed by atoms with Gasteiger partial charge in [0.2, 0.25) is 0 Å². The first-order valence-electron chi connectivity index (χ1n) is 6.02. The van der Waals surface area contributed by atoms with Crippen molar-refractivity contribution < 1.29 is 13.9 Å². The SMILES string of the molecule is COc1ccc(NC(=O)c2ccc(C)c(N)c2)cc1F. The van der Waals surface area contributed by atoms with Crippen molar-refractivity contribution in [3.05, 3.63) is 53.3 Å². The molecule has 0 aliphatic heterocycles. The molecule has 0 unspecified atom stereocenters. The van der Waals surface area contributed by atoms with Gasteiger partial charge in [-0.2, -0.15) is 0 Å². The van der Waals surface area contributed by atoms with Gasteiger partial charge in [0.05, 0.1) is 7.11 Å². The molecule has 1 amide bonds. The zero-order chi connectivity index (χ0) is 14.7. The van der Waals surface area contributed by atoms with Crippen LogP contribution in [0, 0.1) is 12.7 Å². The highest BCUT2D eigenvalue weighted by Crippen LogP contribution is 2.21. The molecule has 104 valence electrons. The summed E-state index contributed by atoms with van der Waals surface area (Å²) in [4.78, 5) is 12.0. The van der Waals surface area contributed by atoms with Crippen molar-refractivity contribution in [2.24, 2.45) is 0 Å². The van der Waals surface area contributed by atoms with Crippen LogP contribution in [0.1, 0.15) is 15.9 Å². The molecule has 0 saturated carbocycles. The van der Waals surface area contributed by atoms with E-state index in [4.69, 9.17) is 10.5 Å². The summed E-state index contributed by atoms with van der Waals surface area (Å²) in [7, 11) is 1.38. The highest BCUT2D eigenvalue weighted by molar-refractivity contribution is 6.04. The maximum Gasteiger partial charge on any atom is 0.255 e. The molecule has 0 heterocycles. The molecular formula is C15H15FN2O2. The second-order valence-electron chi connectivity index (χ2n) is 4.37. The average molecular weight is 274 g/mol. The third-order valence-electron chi connectivity index (χ3n) is 2.95. The smallest absolute Gasteiger partial charge is 0.255 e. The van der Waals surface area contributed by atoms with Gasteiger partial charge in [0.1, 0.15) is 0 Å². The Labute approximate surface area is 116 Å². The number of aryl methyl sites for hydroxylation is 1. The number of anilines is 2. The van der Waals surface area contributed by atoms with Crippen LogP contribution in [0.2, 0.25) is 0 Å². The minimum atomic E-state index is -0.534. The van der Waals surface area contributed by atoms with Crippen LogP contribution in [-0.4, -0.2) is 13.0 Å². The summed E-state index contributed by atoms with van der Waals surface area (Å²) in [5.41, 5.74) is 7.97. The number of ether oxygens (including phenoxy) is 1. The molecule has 4 nitrogen and oxygen atoms in total. The molecule has 0 fully saturated rings. The third kappa shape index (κ3) is 2.88. The van der Waals surface area contributed by atoms with Crippen LogP contribution < -0.4 is 15.8 Å². The summed E-state index contributed by atoms with van der Waals surface area (Å²) < 4.78 is 18.3. The lowest BCUT2D eigenvalue weighted by Gasteiger charge is -2.08. The zero-order valence-electron chi connectivity index (χ0n) is 11.2. The Hall–Kier alpha value is -2.56. The molecule has 0 bridgehead atoms. The minimum absolute atomic E-state index is 0.127. The van der Waals surface area contributed by atoms with Crippen LogP contribution in [0.3, 0.4) is 0 Å². The Kier molecular flexibility index (Phi) is 3.89. The molecule has 2 rings (SSSR count). The van der Waals surface area contributed by atoms with E-state index in [-0.39, 0.29) is 11.7 Å². The van der Waals surface area contributed by atoms with E-state index in [0.717, 1.165) is 5.56 Å². The number of halogens is 1. The van der Waals surface area contributed by atoms with Crippen LogP contribution in [0.4, 0.5) is 15.8 Å².